The number of halogens is 1. The summed E-state index contributed by atoms with van der Waals surface area (Å²) in [6.07, 6.45) is 3.08. The Morgan fingerprint density at radius 1 is 1.12 bits per heavy atom. The number of unbranched alkanes of at least 4 members (excludes halogenated alkanes) is 1. The van der Waals surface area contributed by atoms with Gasteiger partial charge in [0.05, 0.1) is 17.3 Å². The van der Waals surface area contributed by atoms with Crippen molar-refractivity contribution >= 4 is 34.3 Å². The Hall–Kier alpha value is -3.31. The minimum absolute atomic E-state index is 0.268. The highest BCUT2D eigenvalue weighted by Crippen LogP contribution is 2.32. The molecule has 4 rings (SSSR count). The Morgan fingerprint density at radius 2 is 1.97 bits per heavy atom. The number of fused-ring (bicyclic) bond motifs is 1. The second-order valence-corrected chi connectivity index (χ2v) is 8.84. The highest BCUT2D eigenvalue weighted by Gasteiger charge is 2.15. The quantitative estimate of drug-likeness (QED) is 0.248. The Morgan fingerprint density at radius 3 is 2.76 bits per heavy atom. The number of amides is 1. The number of benzene rings is 3. The van der Waals surface area contributed by atoms with Crippen LogP contribution in [0.25, 0.3) is 22.6 Å². The summed E-state index contributed by atoms with van der Waals surface area (Å²) in [6.45, 7) is 7.10. The number of oxazole rings is 1. The Labute approximate surface area is 205 Å². The third kappa shape index (κ3) is 5.42. The molecular formula is C28H29ClN2O3. The number of anilines is 1. The number of hydrogen-bond acceptors (Lipinski definition) is 4. The summed E-state index contributed by atoms with van der Waals surface area (Å²) in [7, 11) is 0. The lowest BCUT2D eigenvalue weighted by Gasteiger charge is -2.10. The summed E-state index contributed by atoms with van der Waals surface area (Å²) < 4.78 is 11.7. The molecule has 0 fully saturated rings. The summed E-state index contributed by atoms with van der Waals surface area (Å²) in [5, 5.41) is 3.33. The van der Waals surface area contributed by atoms with Crippen LogP contribution < -0.4 is 10.1 Å². The van der Waals surface area contributed by atoms with Gasteiger partial charge in [-0.3, -0.25) is 4.79 Å². The first kappa shape index (κ1) is 23.8. The topological polar surface area (TPSA) is 64.4 Å². The van der Waals surface area contributed by atoms with Gasteiger partial charge in [0.2, 0.25) is 5.89 Å². The van der Waals surface area contributed by atoms with Gasteiger partial charge in [0.25, 0.3) is 5.91 Å². The third-order valence-electron chi connectivity index (χ3n) is 5.92. The molecule has 0 unspecified atom stereocenters. The SMILES string of the molecule is CCCCOc1cccc(C(=O)Nc2cc(-c3nc4cc([C@@H](C)CC)ccc4o3)ccc2Cl)c1. The van der Waals surface area contributed by atoms with Crippen LogP contribution >= 0.6 is 11.6 Å². The molecule has 0 aliphatic carbocycles. The Balaban J connectivity index is 1.56. The molecule has 1 N–H and O–H groups in total. The zero-order chi connectivity index (χ0) is 24.1. The van der Waals surface area contributed by atoms with E-state index in [2.05, 4.69) is 43.2 Å². The van der Waals surface area contributed by atoms with Crippen molar-refractivity contribution in [3.05, 3.63) is 76.8 Å². The molecule has 1 heterocycles. The monoisotopic (exact) mass is 476 g/mol. The molecule has 0 bridgehead atoms. The van der Waals surface area contributed by atoms with Crippen LogP contribution in [0.15, 0.2) is 65.1 Å². The number of hydrogen-bond donors (Lipinski definition) is 1. The van der Waals surface area contributed by atoms with Gasteiger partial charge in [0, 0.05) is 11.1 Å². The van der Waals surface area contributed by atoms with Crippen molar-refractivity contribution in [1.29, 1.82) is 0 Å². The molecule has 4 aromatic rings. The van der Waals surface area contributed by atoms with Crippen LogP contribution in [0.5, 0.6) is 5.75 Å². The van der Waals surface area contributed by atoms with E-state index in [-0.39, 0.29) is 5.91 Å². The largest absolute Gasteiger partial charge is 0.494 e. The zero-order valence-corrected chi connectivity index (χ0v) is 20.5. The van der Waals surface area contributed by atoms with E-state index in [0.717, 1.165) is 35.9 Å². The van der Waals surface area contributed by atoms with E-state index < -0.39 is 0 Å². The van der Waals surface area contributed by atoms with Crippen molar-refractivity contribution in [1.82, 2.24) is 4.98 Å². The molecule has 176 valence electrons. The second-order valence-electron chi connectivity index (χ2n) is 8.43. The molecule has 5 nitrogen and oxygen atoms in total. The van der Waals surface area contributed by atoms with Gasteiger partial charge >= 0.3 is 0 Å². The van der Waals surface area contributed by atoms with Gasteiger partial charge in [-0.25, -0.2) is 4.98 Å². The standard InChI is InChI=1S/C28H29ClN2O3/c1-4-6-14-33-22-9-7-8-20(15-22)27(32)30-24-17-21(10-12-23(24)29)28-31-25-16-19(18(3)5-2)11-13-26(25)34-28/h7-13,15-18H,4-6,14H2,1-3H3,(H,30,32)/t18-/m0/s1. The van der Waals surface area contributed by atoms with Gasteiger partial charge < -0.3 is 14.5 Å². The predicted octanol–water partition coefficient (Wildman–Crippen LogP) is 8.09. The van der Waals surface area contributed by atoms with Gasteiger partial charge in [-0.05, 0) is 72.9 Å². The van der Waals surface area contributed by atoms with Crippen LogP contribution in [0, 0.1) is 0 Å². The first-order valence-electron chi connectivity index (χ1n) is 11.7. The molecule has 0 aliphatic rings. The van der Waals surface area contributed by atoms with E-state index in [9.17, 15) is 4.79 Å². The third-order valence-corrected chi connectivity index (χ3v) is 6.25. The lowest BCUT2D eigenvalue weighted by molar-refractivity contribution is 0.102. The summed E-state index contributed by atoms with van der Waals surface area (Å²) in [6, 6.07) is 18.6. The maximum absolute atomic E-state index is 12.9. The van der Waals surface area contributed by atoms with E-state index in [1.807, 2.05) is 18.2 Å². The Bertz CT molecular complexity index is 1300. The van der Waals surface area contributed by atoms with Crippen molar-refractivity contribution in [2.75, 3.05) is 11.9 Å². The number of nitrogens with one attached hydrogen (secondary N) is 1. The minimum atomic E-state index is -0.268. The molecular weight excluding hydrogens is 448 g/mol. The van der Waals surface area contributed by atoms with Gasteiger partial charge in [-0.15, -0.1) is 0 Å². The van der Waals surface area contributed by atoms with E-state index >= 15 is 0 Å². The van der Waals surface area contributed by atoms with Crippen molar-refractivity contribution in [3.63, 3.8) is 0 Å². The van der Waals surface area contributed by atoms with Crippen molar-refractivity contribution < 1.29 is 13.9 Å². The summed E-state index contributed by atoms with van der Waals surface area (Å²) in [4.78, 5) is 17.6. The van der Waals surface area contributed by atoms with Crippen LogP contribution in [0.3, 0.4) is 0 Å². The second kappa shape index (κ2) is 10.7. The predicted molar refractivity (Wildman–Crippen MR) is 138 cm³/mol. The highest BCUT2D eigenvalue weighted by atomic mass is 35.5. The maximum Gasteiger partial charge on any atom is 0.255 e. The van der Waals surface area contributed by atoms with Crippen molar-refractivity contribution in [3.8, 4) is 17.2 Å². The van der Waals surface area contributed by atoms with Gasteiger partial charge in [-0.1, -0.05) is 50.9 Å². The summed E-state index contributed by atoms with van der Waals surface area (Å²) in [5.41, 5.74) is 4.49. The van der Waals surface area contributed by atoms with E-state index in [1.54, 1.807) is 30.3 Å². The number of ether oxygens (including phenoxy) is 1. The number of carbonyl (C=O) groups excluding carboxylic acids is 1. The van der Waals surface area contributed by atoms with Crippen LogP contribution in [-0.4, -0.2) is 17.5 Å². The Kier molecular flexibility index (Phi) is 7.53. The first-order valence-corrected chi connectivity index (χ1v) is 12.1. The molecule has 1 amide bonds. The van der Waals surface area contributed by atoms with Crippen LogP contribution in [0.1, 0.15) is 61.9 Å². The van der Waals surface area contributed by atoms with E-state index in [1.165, 1.54) is 5.56 Å². The minimum Gasteiger partial charge on any atom is -0.494 e. The lowest BCUT2D eigenvalue weighted by Crippen LogP contribution is -2.12. The van der Waals surface area contributed by atoms with Crippen LogP contribution in [0.4, 0.5) is 5.69 Å². The summed E-state index contributed by atoms with van der Waals surface area (Å²) in [5.74, 6) is 1.34. The number of aromatic nitrogens is 1. The molecule has 0 spiro atoms. The smallest absolute Gasteiger partial charge is 0.255 e. The zero-order valence-electron chi connectivity index (χ0n) is 19.7. The van der Waals surface area contributed by atoms with Crippen molar-refractivity contribution in [2.45, 2.75) is 46.0 Å². The molecule has 1 atom stereocenters. The molecule has 0 aliphatic heterocycles. The normalized spacial score (nSPS) is 12.0. The average molecular weight is 477 g/mol. The summed E-state index contributed by atoms with van der Waals surface area (Å²) >= 11 is 6.39. The fourth-order valence-corrected chi connectivity index (χ4v) is 3.79. The first-order chi connectivity index (χ1) is 16.5. The molecule has 0 saturated heterocycles. The average Bonchev–Trinajstić information content (AvgIpc) is 3.28. The molecule has 34 heavy (non-hydrogen) atoms. The van der Waals surface area contributed by atoms with Gasteiger partial charge in [0.15, 0.2) is 5.58 Å². The highest BCUT2D eigenvalue weighted by molar-refractivity contribution is 6.34. The van der Waals surface area contributed by atoms with Gasteiger partial charge in [-0.2, -0.15) is 0 Å². The van der Waals surface area contributed by atoms with E-state index in [0.29, 0.717) is 40.4 Å². The molecule has 0 radical (unpaired) electrons. The molecule has 6 heteroatoms. The number of rotatable bonds is 9. The van der Waals surface area contributed by atoms with Crippen LogP contribution in [0.2, 0.25) is 5.02 Å². The molecule has 3 aromatic carbocycles. The lowest BCUT2D eigenvalue weighted by atomic mass is 9.98. The fourth-order valence-electron chi connectivity index (χ4n) is 3.62. The number of carbonyl (C=O) groups is 1. The molecule has 1 aromatic heterocycles. The molecule has 0 saturated carbocycles. The number of nitrogens with zero attached hydrogens (tertiary/aromatic N) is 1. The fraction of sp³-hybridized carbons (Fsp3) is 0.286. The van der Waals surface area contributed by atoms with Crippen LogP contribution in [-0.2, 0) is 0 Å². The van der Waals surface area contributed by atoms with Gasteiger partial charge in [0.1, 0.15) is 11.3 Å². The maximum atomic E-state index is 12.9. The van der Waals surface area contributed by atoms with Crippen molar-refractivity contribution in [2.24, 2.45) is 0 Å². The van der Waals surface area contributed by atoms with E-state index in [4.69, 9.17) is 20.8 Å².